The molecule has 4 N–H and O–H groups in total. The first-order chi connectivity index (χ1) is 17.3. The molecule has 2 atom stereocenters. The Hall–Kier alpha value is -3.05. The van der Waals surface area contributed by atoms with Gasteiger partial charge in [-0.05, 0) is 70.6 Å². The molecule has 3 aromatic rings. The van der Waals surface area contributed by atoms with E-state index in [2.05, 4.69) is 15.3 Å². The summed E-state index contributed by atoms with van der Waals surface area (Å²) < 4.78 is 32.6. The highest BCUT2D eigenvalue weighted by molar-refractivity contribution is 7.92. The van der Waals surface area contributed by atoms with E-state index < -0.39 is 32.8 Å². The van der Waals surface area contributed by atoms with Crippen LogP contribution in [0.5, 0.6) is 0 Å². The monoisotopic (exact) mass is 551 g/mol. The standard InChI is InChI=1S/C25H30ClN3O7S/c1-25(2,3)36-24(33)28-14-7-8-15(9-14)37(34,35)19-10-16-18(11-17(19)26)29-23(32)22-21(16)13(12-27-22)5-4-6-20(30)31/h10-12,14-15,27H,4-9H2,1-3H3,(H,28,33)(H,29,32)(H,30,31). The fourth-order valence-corrected chi connectivity index (χ4v) is 7.24. The smallest absolute Gasteiger partial charge is 0.407 e. The summed E-state index contributed by atoms with van der Waals surface area (Å²) in [6.07, 6.45) is 2.85. The van der Waals surface area contributed by atoms with Crippen LogP contribution >= 0.6 is 11.6 Å². The number of hydrogen-bond acceptors (Lipinski definition) is 6. The van der Waals surface area contributed by atoms with Crippen molar-refractivity contribution in [1.29, 1.82) is 0 Å². The lowest BCUT2D eigenvalue weighted by molar-refractivity contribution is -0.137. The van der Waals surface area contributed by atoms with Crippen LogP contribution in [-0.4, -0.2) is 52.4 Å². The predicted octanol–water partition coefficient (Wildman–Crippen LogP) is 4.29. The molecule has 1 aliphatic carbocycles. The molecule has 2 heterocycles. The number of carbonyl (C=O) groups excluding carboxylic acids is 1. The first-order valence-corrected chi connectivity index (χ1v) is 14.0. The van der Waals surface area contributed by atoms with Gasteiger partial charge in [-0.2, -0.15) is 0 Å². The summed E-state index contributed by atoms with van der Waals surface area (Å²) in [6.45, 7) is 5.26. The number of rotatable bonds is 7. The van der Waals surface area contributed by atoms with Crippen molar-refractivity contribution in [2.45, 2.75) is 81.1 Å². The summed E-state index contributed by atoms with van der Waals surface area (Å²) in [5.74, 6) is -0.918. The lowest BCUT2D eigenvalue weighted by atomic mass is 10.0. The molecule has 2 unspecified atom stereocenters. The number of carboxylic acid groups (broad SMARTS) is 1. The minimum absolute atomic E-state index is 0.00554. The van der Waals surface area contributed by atoms with Gasteiger partial charge >= 0.3 is 12.1 Å². The lowest BCUT2D eigenvalue weighted by Crippen LogP contribution is -2.38. The molecule has 0 spiro atoms. The van der Waals surface area contributed by atoms with Crippen LogP contribution in [0.15, 0.2) is 28.0 Å². The number of alkyl carbamates (subject to hydrolysis) is 1. The van der Waals surface area contributed by atoms with Crippen LogP contribution < -0.4 is 10.9 Å². The van der Waals surface area contributed by atoms with Crippen molar-refractivity contribution >= 4 is 55.3 Å². The van der Waals surface area contributed by atoms with Gasteiger partial charge in [0.1, 0.15) is 11.1 Å². The quantitative estimate of drug-likeness (QED) is 0.341. The Labute approximate surface area is 218 Å². The van der Waals surface area contributed by atoms with Crippen molar-refractivity contribution in [3.8, 4) is 0 Å². The summed E-state index contributed by atoms with van der Waals surface area (Å²) in [6, 6.07) is 2.57. The molecule has 0 aliphatic heterocycles. The summed E-state index contributed by atoms with van der Waals surface area (Å²) in [5.41, 5.74) is 0.345. The van der Waals surface area contributed by atoms with E-state index in [1.54, 1.807) is 27.0 Å². The van der Waals surface area contributed by atoms with Gasteiger partial charge < -0.3 is 25.1 Å². The summed E-state index contributed by atoms with van der Waals surface area (Å²) in [7, 11) is -3.87. The number of ether oxygens (including phenoxy) is 1. The third-order valence-electron chi connectivity index (χ3n) is 6.47. The zero-order valence-electron chi connectivity index (χ0n) is 20.8. The number of benzene rings is 1. The number of nitrogens with one attached hydrogen (secondary N) is 3. The zero-order valence-corrected chi connectivity index (χ0v) is 22.4. The largest absolute Gasteiger partial charge is 0.481 e. The highest BCUT2D eigenvalue weighted by Gasteiger charge is 2.37. The van der Waals surface area contributed by atoms with E-state index in [1.807, 2.05) is 0 Å². The van der Waals surface area contributed by atoms with Crippen molar-refractivity contribution in [2.75, 3.05) is 0 Å². The molecule has 4 rings (SSSR count). The Morgan fingerprint density at radius 1 is 1.24 bits per heavy atom. The van der Waals surface area contributed by atoms with Crippen LogP contribution in [0.25, 0.3) is 21.8 Å². The topological polar surface area (TPSA) is 158 Å². The number of fused-ring (bicyclic) bond motifs is 3. The third kappa shape index (κ3) is 5.77. The van der Waals surface area contributed by atoms with E-state index in [0.717, 1.165) is 5.56 Å². The van der Waals surface area contributed by atoms with Gasteiger partial charge in [0.05, 0.1) is 20.7 Å². The van der Waals surface area contributed by atoms with Gasteiger partial charge in [0.15, 0.2) is 9.84 Å². The molecule has 10 nitrogen and oxygen atoms in total. The number of aromatic amines is 2. The second-order valence-corrected chi connectivity index (χ2v) is 13.0. The van der Waals surface area contributed by atoms with E-state index in [-0.39, 0.29) is 39.9 Å². The van der Waals surface area contributed by atoms with Crippen molar-refractivity contribution in [1.82, 2.24) is 15.3 Å². The summed E-state index contributed by atoms with van der Waals surface area (Å²) >= 11 is 6.43. The molecule has 37 heavy (non-hydrogen) atoms. The number of aromatic nitrogens is 2. The highest BCUT2D eigenvalue weighted by atomic mass is 35.5. The van der Waals surface area contributed by atoms with Crippen LogP contribution in [-0.2, 0) is 25.8 Å². The fraction of sp³-hybridized carbons (Fsp3) is 0.480. The first kappa shape index (κ1) is 27.0. The molecule has 2 aromatic heterocycles. The lowest BCUT2D eigenvalue weighted by Gasteiger charge is -2.21. The number of H-pyrrole nitrogens is 2. The maximum Gasteiger partial charge on any atom is 0.407 e. The Morgan fingerprint density at radius 2 is 1.97 bits per heavy atom. The van der Waals surface area contributed by atoms with Crippen molar-refractivity contribution < 1.29 is 27.9 Å². The molecule has 0 radical (unpaired) electrons. The molecule has 1 amide bonds. The maximum atomic E-state index is 13.7. The average molecular weight is 552 g/mol. The van der Waals surface area contributed by atoms with Crippen LogP contribution in [0.4, 0.5) is 4.79 Å². The van der Waals surface area contributed by atoms with E-state index in [1.165, 1.54) is 12.1 Å². The van der Waals surface area contributed by atoms with Gasteiger partial charge in [-0.3, -0.25) is 9.59 Å². The van der Waals surface area contributed by atoms with Crippen LogP contribution in [0.2, 0.25) is 5.02 Å². The van der Waals surface area contributed by atoms with E-state index in [9.17, 15) is 22.8 Å². The van der Waals surface area contributed by atoms with E-state index in [4.69, 9.17) is 21.4 Å². The van der Waals surface area contributed by atoms with Crippen LogP contribution in [0.3, 0.4) is 0 Å². The maximum absolute atomic E-state index is 13.7. The minimum Gasteiger partial charge on any atom is -0.481 e. The minimum atomic E-state index is -3.87. The SMILES string of the molecule is CC(C)(C)OC(=O)NC1CCC(S(=O)(=O)c2cc3c(cc2Cl)[nH]c(=O)c2[nH]cc(CCCC(=O)O)c23)C1. The highest BCUT2D eigenvalue weighted by Crippen LogP contribution is 2.37. The van der Waals surface area contributed by atoms with Gasteiger partial charge in [0, 0.05) is 29.4 Å². The Kier molecular flexibility index (Phi) is 7.31. The number of hydrogen-bond donors (Lipinski definition) is 4. The van der Waals surface area contributed by atoms with Gasteiger partial charge in [0.2, 0.25) is 0 Å². The molecule has 0 bridgehead atoms. The summed E-state index contributed by atoms with van der Waals surface area (Å²) in [5, 5.41) is 12.0. The second-order valence-electron chi connectivity index (χ2n) is 10.4. The number of carbonyl (C=O) groups is 2. The fourth-order valence-electron chi connectivity index (χ4n) is 4.85. The van der Waals surface area contributed by atoms with Gasteiger partial charge in [-0.25, -0.2) is 13.2 Å². The predicted molar refractivity (Wildman–Crippen MR) is 140 cm³/mol. The first-order valence-electron chi connectivity index (χ1n) is 12.1. The Morgan fingerprint density at radius 3 is 2.65 bits per heavy atom. The molecule has 1 saturated carbocycles. The van der Waals surface area contributed by atoms with Gasteiger partial charge in [-0.1, -0.05) is 11.6 Å². The van der Waals surface area contributed by atoms with Crippen molar-refractivity contribution in [2.24, 2.45) is 0 Å². The van der Waals surface area contributed by atoms with Gasteiger partial charge in [0.25, 0.3) is 5.56 Å². The Balaban J connectivity index is 1.67. The molecule has 1 aliphatic rings. The number of sulfone groups is 1. The molecular formula is C25H30ClN3O7S. The number of aryl methyl sites for hydroxylation is 1. The van der Waals surface area contributed by atoms with E-state index >= 15 is 0 Å². The number of amides is 1. The van der Waals surface area contributed by atoms with Crippen molar-refractivity contribution in [3.63, 3.8) is 0 Å². The molecule has 12 heteroatoms. The Bertz CT molecular complexity index is 1540. The zero-order chi connectivity index (χ0) is 27.1. The number of carboxylic acids is 1. The number of pyridine rings is 1. The molecule has 0 saturated heterocycles. The molecule has 1 aromatic carbocycles. The average Bonchev–Trinajstić information content (AvgIpc) is 3.40. The van der Waals surface area contributed by atoms with E-state index in [0.29, 0.717) is 42.0 Å². The molecule has 200 valence electrons. The van der Waals surface area contributed by atoms with Crippen molar-refractivity contribution in [3.05, 3.63) is 39.3 Å². The second kappa shape index (κ2) is 10.0. The van der Waals surface area contributed by atoms with Crippen LogP contribution in [0.1, 0.15) is 58.4 Å². The summed E-state index contributed by atoms with van der Waals surface area (Å²) in [4.78, 5) is 41.3. The molecular weight excluding hydrogens is 522 g/mol. The molecule has 1 fully saturated rings. The van der Waals surface area contributed by atoms with Crippen LogP contribution in [0, 0.1) is 0 Å². The number of aliphatic carboxylic acids is 1. The number of halogens is 1. The third-order valence-corrected chi connectivity index (χ3v) is 9.15. The van der Waals surface area contributed by atoms with Gasteiger partial charge in [-0.15, -0.1) is 0 Å². The normalized spacial score (nSPS) is 18.4.